The Morgan fingerprint density at radius 3 is 2.69 bits per heavy atom. The first-order chi connectivity index (χ1) is 14.3. The standard InChI is InChI=1S/C23H15N3O2S/c27-22-19(12-16-7-2-4-11-21(16)28-22)20-14-29-23(25-20)26-24-13-17-9-5-8-15-6-1-3-10-18(15)17/h1-14H,(H,25,26)/b24-13+. The molecule has 5 rings (SSSR count). The van der Waals surface area contributed by atoms with Crippen molar-refractivity contribution in [3.05, 3.63) is 94.2 Å². The maximum atomic E-state index is 12.3. The molecule has 1 N–H and O–H groups in total. The minimum absolute atomic E-state index is 0.403. The number of nitrogens with zero attached hydrogens (tertiary/aromatic N) is 2. The van der Waals surface area contributed by atoms with Crippen molar-refractivity contribution in [2.24, 2.45) is 5.10 Å². The molecule has 2 heterocycles. The second kappa shape index (κ2) is 7.33. The van der Waals surface area contributed by atoms with Crippen LogP contribution >= 0.6 is 11.3 Å². The van der Waals surface area contributed by atoms with Crippen LogP contribution in [0.5, 0.6) is 0 Å². The number of para-hydroxylation sites is 1. The fourth-order valence-corrected chi connectivity index (χ4v) is 3.87. The van der Waals surface area contributed by atoms with Crippen LogP contribution in [0.4, 0.5) is 5.13 Å². The number of aromatic nitrogens is 1. The minimum atomic E-state index is -0.403. The van der Waals surface area contributed by atoms with Crippen molar-refractivity contribution in [2.45, 2.75) is 0 Å². The van der Waals surface area contributed by atoms with Gasteiger partial charge in [-0.1, -0.05) is 60.7 Å². The highest BCUT2D eigenvalue weighted by atomic mass is 32.1. The van der Waals surface area contributed by atoms with Crippen molar-refractivity contribution >= 4 is 44.4 Å². The molecule has 3 aromatic carbocycles. The fraction of sp³-hybridized carbons (Fsp3) is 0. The summed E-state index contributed by atoms with van der Waals surface area (Å²) in [6.07, 6.45) is 1.77. The van der Waals surface area contributed by atoms with E-state index in [1.165, 1.54) is 11.3 Å². The number of anilines is 1. The van der Waals surface area contributed by atoms with Gasteiger partial charge in [0.15, 0.2) is 0 Å². The largest absolute Gasteiger partial charge is 0.422 e. The molecular formula is C23H15N3O2S. The van der Waals surface area contributed by atoms with Gasteiger partial charge in [0.1, 0.15) is 5.58 Å². The summed E-state index contributed by atoms with van der Waals surface area (Å²) < 4.78 is 5.40. The van der Waals surface area contributed by atoms with Crippen LogP contribution in [0.15, 0.2) is 92.5 Å². The number of nitrogens with one attached hydrogen (secondary N) is 1. The summed E-state index contributed by atoms with van der Waals surface area (Å²) in [7, 11) is 0. The number of hydrazone groups is 1. The van der Waals surface area contributed by atoms with Crippen LogP contribution in [0, 0.1) is 0 Å². The average Bonchev–Trinajstić information content (AvgIpc) is 3.22. The monoisotopic (exact) mass is 397 g/mol. The lowest BCUT2D eigenvalue weighted by Crippen LogP contribution is -2.02. The van der Waals surface area contributed by atoms with Gasteiger partial charge >= 0.3 is 5.63 Å². The van der Waals surface area contributed by atoms with Crippen molar-refractivity contribution in [3.8, 4) is 11.3 Å². The van der Waals surface area contributed by atoms with Crippen molar-refractivity contribution in [3.63, 3.8) is 0 Å². The Morgan fingerprint density at radius 2 is 1.76 bits per heavy atom. The van der Waals surface area contributed by atoms with Gasteiger partial charge in [-0.2, -0.15) is 5.10 Å². The number of hydrogen-bond donors (Lipinski definition) is 1. The Morgan fingerprint density at radius 1 is 0.966 bits per heavy atom. The third-order valence-electron chi connectivity index (χ3n) is 4.61. The van der Waals surface area contributed by atoms with Gasteiger partial charge in [-0.25, -0.2) is 9.78 Å². The summed E-state index contributed by atoms with van der Waals surface area (Å²) in [5.74, 6) is 0. The van der Waals surface area contributed by atoms with Gasteiger partial charge in [-0.05, 0) is 22.9 Å². The number of fused-ring (bicyclic) bond motifs is 2. The highest BCUT2D eigenvalue weighted by Crippen LogP contribution is 2.25. The molecular weight excluding hydrogens is 382 g/mol. The molecule has 0 saturated carbocycles. The molecule has 5 nitrogen and oxygen atoms in total. The number of hydrogen-bond acceptors (Lipinski definition) is 6. The Bertz CT molecular complexity index is 1410. The van der Waals surface area contributed by atoms with Gasteiger partial charge in [0, 0.05) is 16.3 Å². The van der Waals surface area contributed by atoms with Gasteiger partial charge in [0.25, 0.3) is 0 Å². The second-order valence-electron chi connectivity index (χ2n) is 6.46. The molecule has 6 heteroatoms. The molecule has 140 valence electrons. The topological polar surface area (TPSA) is 67.5 Å². The molecule has 0 aliphatic rings. The van der Waals surface area contributed by atoms with Gasteiger partial charge in [0.05, 0.1) is 17.5 Å². The second-order valence-corrected chi connectivity index (χ2v) is 7.32. The molecule has 0 amide bonds. The maximum absolute atomic E-state index is 12.3. The van der Waals surface area contributed by atoms with E-state index in [1.807, 2.05) is 47.8 Å². The van der Waals surface area contributed by atoms with Crippen LogP contribution in [0.1, 0.15) is 5.56 Å². The molecule has 0 unspecified atom stereocenters. The summed E-state index contributed by atoms with van der Waals surface area (Å²) in [5, 5.41) is 9.89. The molecule has 0 radical (unpaired) electrons. The maximum Gasteiger partial charge on any atom is 0.345 e. The molecule has 0 aliphatic heterocycles. The minimum Gasteiger partial charge on any atom is -0.422 e. The molecule has 2 aromatic heterocycles. The summed E-state index contributed by atoms with van der Waals surface area (Å²) >= 11 is 1.38. The van der Waals surface area contributed by atoms with Crippen LogP contribution < -0.4 is 11.1 Å². The van der Waals surface area contributed by atoms with Crippen LogP contribution in [0.25, 0.3) is 33.0 Å². The molecule has 0 aliphatic carbocycles. The predicted octanol–water partition coefficient (Wildman–Crippen LogP) is 5.52. The lowest BCUT2D eigenvalue weighted by atomic mass is 10.1. The molecule has 0 atom stereocenters. The van der Waals surface area contributed by atoms with Crippen molar-refractivity contribution < 1.29 is 4.42 Å². The number of rotatable bonds is 4. The summed E-state index contributed by atoms with van der Waals surface area (Å²) in [6.45, 7) is 0. The third-order valence-corrected chi connectivity index (χ3v) is 5.36. The SMILES string of the molecule is O=c1oc2ccccc2cc1-c1csc(N/N=C/c2cccc3ccccc23)n1. The van der Waals surface area contributed by atoms with Crippen LogP contribution in [-0.2, 0) is 0 Å². The smallest absolute Gasteiger partial charge is 0.345 e. The normalized spacial score (nSPS) is 11.4. The summed E-state index contributed by atoms with van der Waals surface area (Å²) in [5.41, 5.74) is 5.13. The third kappa shape index (κ3) is 3.41. The quantitative estimate of drug-likeness (QED) is 0.246. The van der Waals surface area contributed by atoms with Crippen molar-refractivity contribution in [2.75, 3.05) is 5.43 Å². The highest BCUT2D eigenvalue weighted by molar-refractivity contribution is 7.14. The first-order valence-corrected chi connectivity index (χ1v) is 9.91. The zero-order chi connectivity index (χ0) is 19.6. The van der Waals surface area contributed by atoms with E-state index in [0.29, 0.717) is 22.0 Å². The average molecular weight is 397 g/mol. The van der Waals surface area contributed by atoms with Crippen molar-refractivity contribution in [1.29, 1.82) is 0 Å². The Hall–Kier alpha value is -3.77. The predicted molar refractivity (Wildman–Crippen MR) is 119 cm³/mol. The van der Waals surface area contributed by atoms with Gasteiger partial charge < -0.3 is 4.42 Å². The van der Waals surface area contributed by atoms with E-state index >= 15 is 0 Å². The molecule has 0 fully saturated rings. The Balaban J connectivity index is 1.40. The first-order valence-electron chi connectivity index (χ1n) is 9.03. The molecule has 0 saturated heterocycles. The summed E-state index contributed by atoms with van der Waals surface area (Å²) in [6, 6.07) is 23.5. The Kier molecular flexibility index (Phi) is 4.38. The van der Waals surface area contributed by atoms with Crippen LogP contribution in [-0.4, -0.2) is 11.2 Å². The molecule has 0 spiro atoms. The van der Waals surface area contributed by atoms with Crippen LogP contribution in [0.3, 0.4) is 0 Å². The first kappa shape index (κ1) is 17.3. The van der Waals surface area contributed by atoms with Crippen LogP contribution in [0.2, 0.25) is 0 Å². The van der Waals surface area contributed by atoms with Gasteiger partial charge in [-0.15, -0.1) is 11.3 Å². The van der Waals surface area contributed by atoms with E-state index < -0.39 is 5.63 Å². The lowest BCUT2D eigenvalue weighted by Gasteiger charge is -2.01. The van der Waals surface area contributed by atoms with E-state index in [9.17, 15) is 4.79 Å². The van der Waals surface area contributed by atoms with Gasteiger partial charge in [0.2, 0.25) is 5.13 Å². The fourth-order valence-electron chi connectivity index (χ4n) is 3.21. The molecule has 5 aromatic rings. The zero-order valence-electron chi connectivity index (χ0n) is 15.2. The zero-order valence-corrected chi connectivity index (χ0v) is 16.0. The van der Waals surface area contributed by atoms with E-state index in [2.05, 4.69) is 33.7 Å². The van der Waals surface area contributed by atoms with Gasteiger partial charge in [-0.3, -0.25) is 5.43 Å². The molecule has 29 heavy (non-hydrogen) atoms. The van der Waals surface area contributed by atoms with Crippen molar-refractivity contribution in [1.82, 2.24) is 4.98 Å². The van der Waals surface area contributed by atoms with E-state index in [-0.39, 0.29) is 0 Å². The highest BCUT2D eigenvalue weighted by Gasteiger charge is 2.11. The Labute approximate surface area is 170 Å². The lowest BCUT2D eigenvalue weighted by molar-refractivity contribution is 0.563. The summed E-state index contributed by atoms with van der Waals surface area (Å²) in [4.78, 5) is 16.8. The number of thiazole rings is 1. The van der Waals surface area contributed by atoms with E-state index in [4.69, 9.17) is 4.42 Å². The molecule has 0 bridgehead atoms. The van der Waals surface area contributed by atoms with E-state index in [1.54, 1.807) is 18.3 Å². The van der Waals surface area contributed by atoms with E-state index in [0.717, 1.165) is 21.7 Å². The number of benzene rings is 3.